The molecular weight excluding hydrogens is 122 g/mol. The van der Waals surface area contributed by atoms with Crippen LogP contribution in [0.15, 0.2) is 12.2 Å². The first-order valence-corrected chi connectivity index (χ1v) is 1.99. The van der Waals surface area contributed by atoms with Crippen LogP contribution in [0.2, 0.25) is 0 Å². The minimum atomic E-state index is -1.20. The van der Waals surface area contributed by atoms with Crippen LogP contribution >= 0.6 is 0 Å². The first kappa shape index (κ1) is 7.37. The van der Waals surface area contributed by atoms with E-state index >= 15 is 0 Å². The molecule has 0 fully saturated rings. The zero-order valence-corrected chi connectivity index (χ0v) is 4.40. The van der Waals surface area contributed by atoms with Crippen LogP contribution in [-0.2, 0) is 4.79 Å². The van der Waals surface area contributed by atoms with Crippen molar-refractivity contribution in [3.8, 4) is 12.3 Å². The molecule has 0 bridgehead atoms. The molecule has 0 aliphatic rings. The van der Waals surface area contributed by atoms with Crippen molar-refractivity contribution in [1.82, 2.24) is 0 Å². The van der Waals surface area contributed by atoms with Crippen LogP contribution in [0, 0.1) is 22.5 Å². The second kappa shape index (κ2) is 3.38. The molecule has 0 aromatic carbocycles. The largest absolute Gasteiger partial charge is 0.470 e. The number of carbonyl (C=O) groups excluding carboxylic acids is 1. The van der Waals surface area contributed by atoms with Gasteiger partial charge in [0.2, 0.25) is 0 Å². The molecule has 46 valence electrons. The fraction of sp³-hybridized carbons (Fsp3) is 0. The quantitative estimate of drug-likeness (QED) is 0.214. The third kappa shape index (κ3) is 3.00. The fourth-order valence-corrected chi connectivity index (χ4v) is 0.180. The van der Waals surface area contributed by atoms with Gasteiger partial charge in [-0.25, -0.2) is 4.79 Å². The standard InChI is InChI=1S/C5H3NO3/c1-2-3-4-5(7)6(8)9/h1,3-4H/b4-3-. The lowest BCUT2D eigenvalue weighted by atomic mass is 10.5. The predicted molar refractivity (Wildman–Crippen MR) is 30.0 cm³/mol. The van der Waals surface area contributed by atoms with Crippen LogP contribution < -0.4 is 0 Å². The highest BCUT2D eigenvalue weighted by Crippen LogP contribution is 1.75. The Morgan fingerprint density at radius 1 is 1.78 bits per heavy atom. The minimum Gasteiger partial charge on any atom is -0.255 e. The lowest BCUT2D eigenvalue weighted by Crippen LogP contribution is -2.06. The van der Waals surface area contributed by atoms with Crippen molar-refractivity contribution in [1.29, 1.82) is 0 Å². The van der Waals surface area contributed by atoms with Gasteiger partial charge in [-0.2, -0.15) is 0 Å². The average Bonchev–Trinajstić information content (AvgIpc) is 1.82. The summed E-state index contributed by atoms with van der Waals surface area (Å²) in [7, 11) is 0. The molecule has 0 aromatic rings. The van der Waals surface area contributed by atoms with Crippen LogP contribution in [0.25, 0.3) is 0 Å². The smallest absolute Gasteiger partial charge is 0.255 e. The van der Waals surface area contributed by atoms with Crippen LogP contribution in [0.4, 0.5) is 0 Å². The normalized spacial score (nSPS) is 8.78. The fourth-order valence-electron chi connectivity index (χ4n) is 0.180. The molecule has 1 amide bonds. The van der Waals surface area contributed by atoms with Gasteiger partial charge < -0.3 is 0 Å². The molecule has 0 heterocycles. The molecule has 0 saturated carbocycles. The highest BCUT2D eigenvalue weighted by atomic mass is 16.6. The Morgan fingerprint density at radius 3 is 2.67 bits per heavy atom. The zero-order valence-electron chi connectivity index (χ0n) is 4.40. The van der Waals surface area contributed by atoms with Crippen molar-refractivity contribution >= 4 is 5.91 Å². The average molecular weight is 125 g/mol. The van der Waals surface area contributed by atoms with E-state index in [1.165, 1.54) is 0 Å². The monoisotopic (exact) mass is 125 g/mol. The van der Waals surface area contributed by atoms with Crippen LogP contribution in [-0.4, -0.2) is 10.8 Å². The van der Waals surface area contributed by atoms with E-state index in [4.69, 9.17) is 0 Å². The Bertz CT molecular complexity index is 199. The second-order valence-corrected chi connectivity index (χ2v) is 1.10. The van der Waals surface area contributed by atoms with Gasteiger partial charge in [0, 0.05) is 0 Å². The maximum atomic E-state index is 10.0. The van der Waals surface area contributed by atoms with E-state index in [1.807, 2.05) is 5.92 Å². The van der Waals surface area contributed by atoms with Crippen molar-refractivity contribution in [3.63, 3.8) is 0 Å². The lowest BCUT2D eigenvalue weighted by Gasteiger charge is -1.75. The molecule has 0 radical (unpaired) electrons. The number of hydrogen-bond acceptors (Lipinski definition) is 3. The highest BCUT2D eigenvalue weighted by Gasteiger charge is 2.06. The van der Waals surface area contributed by atoms with Gasteiger partial charge in [-0.15, -0.1) is 6.42 Å². The van der Waals surface area contributed by atoms with Gasteiger partial charge in [-0.1, -0.05) is 5.92 Å². The summed E-state index contributed by atoms with van der Waals surface area (Å²) >= 11 is 0. The number of hydrogen-bond donors (Lipinski definition) is 0. The van der Waals surface area contributed by atoms with E-state index in [1.54, 1.807) is 0 Å². The van der Waals surface area contributed by atoms with Gasteiger partial charge in [0.1, 0.15) is 4.92 Å². The maximum Gasteiger partial charge on any atom is 0.470 e. The molecule has 4 heteroatoms. The molecule has 0 saturated heterocycles. The van der Waals surface area contributed by atoms with Crippen molar-refractivity contribution in [2.24, 2.45) is 0 Å². The summed E-state index contributed by atoms with van der Waals surface area (Å²) in [6.45, 7) is 0. The second-order valence-electron chi connectivity index (χ2n) is 1.10. The SMILES string of the molecule is C#C/C=C\C(=O)[N+](=O)[O-]. The molecule has 0 aliphatic carbocycles. The van der Waals surface area contributed by atoms with Gasteiger partial charge in [0.05, 0.1) is 6.08 Å². The summed E-state index contributed by atoms with van der Waals surface area (Å²) in [4.78, 5) is 18.5. The Kier molecular flexibility index (Phi) is 2.77. The van der Waals surface area contributed by atoms with Crippen molar-refractivity contribution in [2.45, 2.75) is 0 Å². The summed E-state index contributed by atoms with van der Waals surface area (Å²) in [5.74, 6) is 0.747. The van der Waals surface area contributed by atoms with E-state index in [-0.39, 0.29) is 0 Å². The van der Waals surface area contributed by atoms with E-state index < -0.39 is 10.8 Å². The van der Waals surface area contributed by atoms with E-state index in [0.29, 0.717) is 0 Å². The Balaban J connectivity index is 3.97. The Labute approximate surface area is 51.3 Å². The number of allylic oxidation sites excluding steroid dienone is 1. The number of nitrogens with zero attached hydrogens (tertiary/aromatic N) is 1. The number of carbonyl (C=O) groups is 1. The third-order valence-electron chi connectivity index (χ3n) is 0.502. The van der Waals surface area contributed by atoms with E-state index in [2.05, 4.69) is 6.42 Å². The summed E-state index contributed by atoms with van der Waals surface area (Å²) in [5, 5.41) is 9.54. The number of terminal acetylenes is 1. The number of nitro groups is 1. The van der Waals surface area contributed by atoms with Gasteiger partial charge in [0.25, 0.3) is 0 Å². The van der Waals surface area contributed by atoms with Gasteiger partial charge in [-0.05, 0) is 6.08 Å². The first-order valence-electron chi connectivity index (χ1n) is 1.99. The Morgan fingerprint density at radius 2 is 2.33 bits per heavy atom. The van der Waals surface area contributed by atoms with Crippen molar-refractivity contribution in [3.05, 3.63) is 22.3 Å². The van der Waals surface area contributed by atoms with Crippen LogP contribution in [0.1, 0.15) is 0 Å². The summed E-state index contributed by atoms with van der Waals surface area (Å²) in [5.41, 5.74) is 0. The van der Waals surface area contributed by atoms with Gasteiger partial charge in [0.15, 0.2) is 0 Å². The van der Waals surface area contributed by atoms with Crippen LogP contribution in [0.3, 0.4) is 0 Å². The minimum absolute atomic E-state index is 0.722. The summed E-state index contributed by atoms with van der Waals surface area (Å²) in [6.07, 6.45) is 6.36. The third-order valence-corrected chi connectivity index (χ3v) is 0.502. The predicted octanol–water partition coefficient (Wildman–Crippen LogP) is -0.0209. The molecule has 0 aliphatic heterocycles. The van der Waals surface area contributed by atoms with E-state index in [0.717, 1.165) is 12.2 Å². The molecule has 4 nitrogen and oxygen atoms in total. The summed E-state index contributed by atoms with van der Waals surface area (Å²) in [6, 6.07) is 0. The van der Waals surface area contributed by atoms with Gasteiger partial charge >= 0.3 is 5.91 Å². The molecule has 0 aromatic heterocycles. The number of rotatable bonds is 1. The van der Waals surface area contributed by atoms with Crippen molar-refractivity contribution in [2.75, 3.05) is 0 Å². The molecule has 0 N–H and O–H groups in total. The maximum absolute atomic E-state index is 10.0. The molecule has 0 spiro atoms. The zero-order chi connectivity index (χ0) is 7.28. The van der Waals surface area contributed by atoms with Crippen molar-refractivity contribution < 1.29 is 9.72 Å². The van der Waals surface area contributed by atoms with Crippen LogP contribution in [0.5, 0.6) is 0 Å². The molecule has 9 heavy (non-hydrogen) atoms. The molecule has 0 unspecified atom stereocenters. The molecule has 0 atom stereocenters. The Hall–Kier alpha value is -1.63. The molecular formula is C5H3NO3. The molecule has 0 rings (SSSR count). The summed E-state index contributed by atoms with van der Waals surface area (Å²) < 4.78 is 0. The van der Waals surface area contributed by atoms with Gasteiger partial charge in [-0.3, -0.25) is 10.1 Å². The van der Waals surface area contributed by atoms with E-state index in [9.17, 15) is 14.9 Å². The topological polar surface area (TPSA) is 60.2 Å². The lowest BCUT2D eigenvalue weighted by molar-refractivity contribution is -0.395. The number of amides is 1. The highest BCUT2D eigenvalue weighted by molar-refractivity contribution is 5.80. The first-order chi connectivity index (χ1) is 4.18.